The largest absolute Gasteiger partial charge is 0.466 e. The van der Waals surface area contributed by atoms with Gasteiger partial charge < -0.3 is 48.8 Å². The Morgan fingerprint density at radius 1 is 0.895 bits per heavy atom. The lowest BCUT2D eigenvalue weighted by atomic mass is 10.2. The zero-order valence-corrected chi connectivity index (χ0v) is 32.9. The minimum Gasteiger partial charge on any atom is -0.466 e. The molecule has 3 amide bonds. The molecule has 1 aromatic carbocycles. The van der Waals surface area contributed by atoms with E-state index in [2.05, 4.69) is 15.3 Å². The van der Waals surface area contributed by atoms with E-state index in [9.17, 15) is 43.1 Å². The van der Waals surface area contributed by atoms with Crippen molar-refractivity contribution in [2.75, 3.05) is 57.4 Å². The number of anilines is 1. The number of ether oxygens (including phenoxy) is 5. The highest BCUT2D eigenvalue weighted by molar-refractivity contribution is 7.52. The van der Waals surface area contributed by atoms with Gasteiger partial charge in [0.1, 0.15) is 17.6 Å². The summed E-state index contributed by atoms with van der Waals surface area (Å²) in [6, 6.07) is 7.84. The van der Waals surface area contributed by atoms with Gasteiger partial charge in [-0.1, -0.05) is 43.7 Å². The molecule has 2 aliphatic heterocycles. The second-order valence-corrected chi connectivity index (χ2v) is 15.4. The summed E-state index contributed by atoms with van der Waals surface area (Å²) >= 11 is 0. The van der Waals surface area contributed by atoms with Gasteiger partial charge in [0.05, 0.1) is 19.1 Å². The summed E-state index contributed by atoms with van der Waals surface area (Å²) in [6.07, 6.45) is 0.872. The number of esters is 3. The molecule has 3 heterocycles. The molecule has 3 aliphatic rings. The highest BCUT2D eigenvalue weighted by atomic mass is 31.2. The maximum atomic E-state index is 14.3. The van der Waals surface area contributed by atoms with Gasteiger partial charge in [-0.2, -0.15) is 0 Å². The van der Waals surface area contributed by atoms with Crippen molar-refractivity contribution < 1.29 is 66.8 Å². The maximum Gasteiger partial charge on any atom is 0.409 e. The average molecular weight is 819 g/mol. The van der Waals surface area contributed by atoms with Crippen molar-refractivity contribution in [1.82, 2.24) is 25.1 Å². The van der Waals surface area contributed by atoms with Gasteiger partial charge in [0, 0.05) is 64.7 Å². The predicted octanol–water partition coefficient (Wildman–Crippen LogP) is 1.50. The first-order chi connectivity index (χ1) is 27.1. The van der Waals surface area contributed by atoms with E-state index in [1.165, 1.54) is 11.0 Å². The van der Waals surface area contributed by atoms with Crippen molar-refractivity contribution in [3.05, 3.63) is 42.1 Å². The van der Waals surface area contributed by atoms with Crippen molar-refractivity contribution in [3.63, 3.8) is 0 Å². The van der Waals surface area contributed by atoms with Crippen molar-refractivity contribution in [3.8, 4) is 11.4 Å². The quantitative estimate of drug-likeness (QED) is 0.0713. The number of hydrogen-bond acceptors (Lipinski definition) is 15. The number of unbranched alkanes of at least 4 members (excludes halogenated alkanes) is 1. The van der Waals surface area contributed by atoms with Gasteiger partial charge in [-0.05, 0) is 25.2 Å². The van der Waals surface area contributed by atoms with Crippen LogP contribution in [0.5, 0.6) is 0 Å². The van der Waals surface area contributed by atoms with Gasteiger partial charge in [-0.3, -0.25) is 33.3 Å². The summed E-state index contributed by atoms with van der Waals surface area (Å²) in [7, 11) is -5.60. The van der Waals surface area contributed by atoms with Crippen molar-refractivity contribution in [1.29, 1.82) is 0 Å². The molecule has 5 atom stereocenters. The number of piperidine rings is 1. The summed E-state index contributed by atoms with van der Waals surface area (Å²) in [6.45, 7) is 4.25. The zero-order valence-electron chi connectivity index (χ0n) is 32.0. The predicted molar refractivity (Wildman–Crippen MR) is 197 cm³/mol. The van der Waals surface area contributed by atoms with Gasteiger partial charge in [0.25, 0.3) is 5.91 Å². The minimum atomic E-state index is -5.60. The highest BCUT2D eigenvalue weighted by Gasteiger charge is 2.60. The Bertz CT molecular complexity index is 1830. The monoisotopic (exact) mass is 818 g/mol. The summed E-state index contributed by atoms with van der Waals surface area (Å²) in [5.41, 5.74) is 0.239. The normalized spacial score (nSPS) is 19.9. The van der Waals surface area contributed by atoms with Crippen LogP contribution in [0.1, 0.15) is 51.0 Å². The Morgan fingerprint density at radius 3 is 2.07 bits per heavy atom. The van der Waals surface area contributed by atoms with Crippen LogP contribution in [0.15, 0.2) is 36.4 Å². The van der Waals surface area contributed by atoms with Crippen molar-refractivity contribution in [2.24, 2.45) is 17.8 Å². The number of aromatic nitrogens is 2. The lowest BCUT2D eigenvalue weighted by Crippen LogP contribution is -2.59. The number of benzene rings is 1. The molecule has 2 saturated heterocycles. The summed E-state index contributed by atoms with van der Waals surface area (Å²) in [5.74, 6) is -6.84. The van der Waals surface area contributed by atoms with E-state index in [1.807, 2.05) is 11.8 Å². The molecule has 57 heavy (non-hydrogen) atoms. The third-order valence-corrected chi connectivity index (χ3v) is 10.7. The molecule has 3 fully saturated rings. The van der Waals surface area contributed by atoms with E-state index in [-0.39, 0.29) is 74.6 Å². The molecule has 0 radical (unpaired) electrons. The number of carbonyl (C=O) groups is 6. The molecule has 2 unspecified atom stereocenters. The van der Waals surface area contributed by atoms with E-state index in [0.29, 0.717) is 30.9 Å². The number of nitrogens with one attached hydrogen (secondary N) is 1. The Balaban J connectivity index is 1.46. The molecule has 1 aliphatic carbocycles. The molecule has 21 heteroatoms. The van der Waals surface area contributed by atoms with E-state index >= 15 is 0 Å². The summed E-state index contributed by atoms with van der Waals surface area (Å²) in [5, 5.41) is 2.36. The van der Waals surface area contributed by atoms with E-state index in [0.717, 1.165) is 25.2 Å². The van der Waals surface area contributed by atoms with Gasteiger partial charge in [-0.15, -0.1) is 0 Å². The molecule has 1 aromatic heterocycles. The topological polar surface area (TPSA) is 254 Å². The fourth-order valence-electron chi connectivity index (χ4n) is 6.72. The van der Waals surface area contributed by atoms with Crippen LogP contribution in [0.4, 0.5) is 10.6 Å². The third kappa shape index (κ3) is 11.0. The van der Waals surface area contributed by atoms with Gasteiger partial charge in [0.15, 0.2) is 11.7 Å². The van der Waals surface area contributed by atoms with E-state index in [1.54, 1.807) is 37.3 Å². The summed E-state index contributed by atoms with van der Waals surface area (Å²) in [4.78, 5) is 112. The smallest absolute Gasteiger partial charge is 0.409 e. The Morgan fingerprint density at radius 2 is 1.51 bits per heavy atom. The standard InChI is InChI=1S/C36H47N6O14P/c1-5-7-17-53-35(48)41-15-13-40(14-16-41)32(46)29(34(57(49,50)51)56-36(54-21(3)43)55-22(4)44)39-31(45)26-18-27(38-30(37-26)23-11-9-8-10-12-23)42-19-24-25(20-42)28(24)33(47)52-6-2/h8-12,18,24-25,28-29,34,36H,5-7,13-17,19-20H2,1-4H3,(H,39,45)(H2,49,50,51)/t24-,25+,28?,29?,34-/m1/s1. The molecule has 1 saturated carbocycles. The van der Waals surface area contributed by atoms with Gasteiger partial charge in [0.2, 0.25) is 5.91 Å². The first-order valence-electron chi connectivity index (χ1n) is 18.5. The van der Waals surface area contributed by atoms with Crippen molar-refractivity contribution >= 4 is 49.2 Å². The lowest BCUT2D eigenvalue weighted by molar-refractivity contribution is -0.272. The van der Waals surface area contributed by atoms with Crippen LogP contribution in [-0.2, 0) is 47.4 Å². The molecular weight excluding hydrogens is 771 g/mol. The molecule has 2 aromatic rings. The summed E-state index contributed by atoms with van der Waals surface area (Å²) < 4.78 is 38.6. The molecule has 310 valence electrons. The maximum absolute atomic E-state index is 14.3. The Kier molecular flexibility index (Phi) is 14.2. The fraction of sp³-hybridized carbons (Fsp3) is 0.556. The van der Waals surface area contributed by atoms with Crippen LogP contribution in [0, 0.1) is 17.8 Å². The molecule has 5 rings (SSSR count). The first kappa shape index (κ1) is 43.0. The number of piperazine rings is 1. The molecular formula is C36H47N6O14P. The van der Waals surface area contributed by atoms with E-state index in [4.69, 9.17) is 23.7 Å². The van der Waals surface area contributed by atoms with Crippen molar-refractivity contribution in [2.45, 2.75) is 58.9 Å². The van der Waals surface area contributed by atoms with E-state index < -0.39 is 55.8 Å². The van der Waals surface area contributed by atoms with Gasteiger partial charge >= 0.3 is 38.1 Å². The number of hydrogen-bond donors (Lipinski definition) is 3. The van der Waals surface area contributed by atoms with Crippen LogP contribution in [0.25, 0.3) is 11.4 Å². The first-order valence-corrected chi connectivity index (χ1v) is 20.2. The number of carbonyl (C=O) groups excluding carboxylic acids is 6. The molecule has 3 N–H and O–H groups in total. The van der Waals surface area contributed by atoms with Gasteiger partial charge in [-0.25, -0.2) is 14.8 Å². The zero-order chi connectivity index (χ0) is 41.4. The van der Waals surface area contributed by atoms with Crippen LogP contribution in [0.3, 0.4) is 0 Å². The number of fused-ring (bicyclic) bond motifs is 1. The average Bonchev–Trinajstić information content (AvgIpc) is 3.67. The Hall–Kier alpha value is -5.17. The number of nitrogens with zero attached hydrogens (tertiary/aromatic N) is 5. The van der Waals surface area contributed by atoms with Crippen LogP contribution in [0.2, 0.25) is 0 Å². The Labute approximate surface area is 328 Å². The highest BCUT2D eigenvalue weighted by Crippen LogP contribution is 2.53. The second kappa shape index (κ2) is 18.8. The lowest BCUT2D eigenvalue weighted by Gasteiger charge is -2.37. The number of rotatable bonds is 16. The molecule has 20 nitrogen and oxygen atoms in total. The fourth-order valence-corrected chi connectivity index (χ4v) is 7.57. The number of amides is 3. The third-order valence-electron chi connectivity index (χ3n) is 9.57. The molecule has 0 bridgehead atoms. The second-order valence-electron chi connectivity index (χ2n) is 13.7. The van der Waals surface area contributed by atoms with Crippen LogP contribution >= 0.6 is 7.60 Å². The van der Waals surface area contributed by atoms with Crippen LogP contribution in [-0.4, -0.2) is 136 Å². The minimum absolute atomic E-state index is 0.00707. The SMILES string of the molecule is CCCCOC(=O)N1CCN(C(=O)C(NC(=O)c2cc(N3C[C@@H]4C(C(=O)OCC)[C@@H]4C3)nc(-c3ccccc3)n2)[C@H](OC(OC(C)=O)OC(C)=O)P(=O)(O)O)CC1. The molecule has 0 spiro atoms. The van der Waals surface area contributed by atoms with Crippen LogP contribution < -0.4 is 10.2 Å².